The molecule has 0 aromatic carbocycles. The molecule has 0 aromatic heterocycles. The van der Waals surface area contributed by atoms with Crippen molar-refractivity contribution >= 4 is 5.97 Å². The van der Waals surface area contributed by atoms with E-state index in [1.807, 2.05) is 6.92 Å². The molecule has 1 aliphatic rings. The second kappa shape index (κ2) is 5.14. The number of rotatable bonds is 3. The van der Waals surface area contributed by atoms with Crippen LogP contribution in [-0.2, 0) is 14.3 Å². The highest BCUT2D eigenvalue weighted by atomic mass is 16.5. The van der Waals surface area contributed by atoms with E-state index in [2.05, 4.69) is 0 Å². The van der Waals surface area contributed by atoms with E-state index in [1.54, 1.807) is 0 Å². The minimum atomic E-state index is -0.0865. The molecule has 1 atom stereocenters. The van der Waals surface area contributed by atoms with Crippen molar-refractivity contribution in [2.75, 3.05) is 19.8 Å². The maximum Gasteiger partial charge on any atom is 0.311 e. The average Bonchev–Trinajstić information content (AvgIpc) is 2.15. The summed E-state index contributed by atoms with van der Waals surface area (Å²) in [6.07, 6.45) is 2.79. The maximum absolute atomic E-state index is 11.3. The smallest absolute Gasteiger partial charge is 0.311 e. The molecule has 0 bridgehead atoms. The summed E-state index contributed by atoms with van der Waals surface area (Å²) in [7, 11) is 0. The largest absolute Gasteiger partial charge is 0.465 e. The number of hydrogen-bond acceptors (Lipinski definition) is 3. The monoisotopic (exact) mass is 172 g/mol. The molecule has 12 heavy (non-hydrogen) atoms. The average molecular weight is 172 g/mol. The zero-order valence-corrected chi connectivity index (χ0v) is 7.54. The quantitative estimate of drug-likeness (QED) is 0.603. The topological polar surface area (TPSA) is 35.5 Å². The van der Waals surface area contributed by atoms with Crippen molar-refractivity contribution in [2.45, 2.75) is 26.2 Å². The van der Waals surface area contributed by atoms with Gasteiger partial charge in [0.25, 0.3) is 0 Å². The Balaban J connectivity index is 2.20. The number of ether oxygens (including phenoxy) is 2. The van der Waals surface area contributed by atoms with Crippen LogP contribution < -0.4 is 0 Å². The van der Waals surface area contributed by atoms with Crippen LogP contribution in [0.4, 0.5) is 0 Å². The molecule has 0 radical (unpaired) electrons. The van der Waals surface area contributed by atoms with Crippen LogP contribution in [0.5, 0.6) is 0 Å². The van der Waals surface area contributed by atoms with Crippen LogP contribution in [0.1, 0.15) is 26.2 Å². The van der Waals surface area contributed by atoms with E-state index >= 15 is 0 Å². The Kier molecular flexibility index (Phi) is 4.08. The summed E-state index contributed by atoms with van der Waals surface area (Å²) in [5.41, 5.74) is 0. The summed E-state index contributed by atoms with van der Waals surface area (Å²) in [4.78, 5) is 11.3. The lowest BCUT2D eigenvalue weighted by atomic mass is 10.0. The van der Waals surface area contributed by atoms with Gasteiger partial charge in [0.1, 0.15) is 0 Å². The first-order chi connectivity index (χ1) is 5.84. The highest BCUT2D eigenvalue weighted by Crippen LogP contribution is 2.14. The van der Waals surface area contributed by atoms with Crippen LogP contribution in [0.25, 0.3) is 0 Å². The first-order valence-corrected chi connectivity index (χ1v) is 4.59. The van der Waals surface area contributed by atoms with Crippen LogP contribution in [0.15, 0.2) is 0 Å². The van der Waals surface area contributed by atoms with Crippen LogP contribution >= 0.6 is 0 Å². The number of carbonyl (C=O) groups is 1. The fourth-order valence-electron chi connectivity index (χ4n) is 1.25. The first-order valence-electron chi connectivity index (χ1n) is 4.59. The van der Waals surface area contributed by atoms with Gasteiger partial charge in [0.05, 0.1) is 19.1 Å². The third-order valence-electron chi connectivity index (χ3n) is 1.94. The third-order valence-corrected chi connectivity index (χ3v) is 1.94. The van der Waals surface area contributed by atoms with E-state index in [0.717, 1.165) is 25.9 Å². The number of hydrogen-bond donors (Lipinski definition) is 0. The van der Waals surface area contributed by atoms with Crippen LogP contribution in [-0.4, -0.2) is 25.8 Å². The van der Waals surface area contributed by atoms with Crippen molar-refractivity contribution in [3.8, 4) is 0 Å². The lowest BCUT2D eigenvalue weighted by molar-refractivity contribution is -0.152. The molecule has 0 N–H and O–H groups in total. The fourth-order valence-corrected chi connectivity index (χ4v) is 1.25. The maximum atomic E-state index is 11.3. The van der Waals surface area contributed by atoms with Crippen molar-refractivity contribution in [3.05, 3.63) is 0 Å². The summed E-state index contributed by atoms with van der Waals surface area (Å²) in [5, 5.41) is 0. The lowest BCUT2D eigenvalue weighted by Crippen LogP contribution is -2.27. The van der Waals surface area contributed by atoms with Gasteiger partial charge >= 0.3 is 5.97 Å². The van der Waals surface area contributed by atoms with Crippen molar-refractivity contribution in [2.24, 2.45) is 5.92 Å². The second-order valence-electron chi connectivity index (χ2n) is 3.08. The molecule has 1 fully saturated rings. The van der Waals surface area contributed by atoms with Gasteiger partial charge < -0.3 is 9.47 Å². The van der Waals surface area contributed by atoms with E-state index in [4.69, 9.17) is 9.47 Å². The van der Waals surface area contributed by atoms with Crippen molar-refractivity contribution in [1.82, 2.24) is 0 Å². The van der Waals surface area contributed by atoms with Gasteiger partial charge in [-0.05, 0) is 19.3 Å². The molecule has 0 saturated carbocycles. The molecular formula is C9H16O3. The van der Waals surface area contributed by atoms with Gasteiger partial charge in [-0.2, -0.15) is 0 Å². The summed E-state index contributed by atoms with van der Waals surface area (Å²) in [5.74, 6) is -0.0955. The Bertz CT molecular complexity index is 139. The zero-order valence-electron chi connectivity index (χ0n) is 7.54. The van der Waals surface area contributed by atoms with Gasteiger partial charge in [0.15, 0.2) is 0 Å². The van der Waals surface area contributed by atoms with E-state index in [-0.39, 0.29) is 11.9 Å². The third kappa shape index (κ3) is 2.81. The Morgan fingerprint density at radius 3 is 3.08 bits per heavy atom. The van der Waals surface area contributed by atoms with Gasteiger partial charge in [-0.1, -0.05) is 6.92 Å². The van der Waals surface area contributed by atoms with Gasteiger partial charge in [0, 0.05) is 6.61 Å². The summed E-state index contributed by atoms with van der Waals surface area (Å²) < 4.78 is 10.2. The fraction of sp³-hybridized carbons (Fsp3) is 0.889. The molecule has 3 heteroatoms. The molecule has 0 spiro atoms. The minimum Gasteiger partial charge on any atom is -0.465 e. The molecule has 1 saturated heterocycles. The summed E-state index contributed by atoms with van der Waals surface area (Å²) >= 11 is 0. The molecule has 0 aliphatic carbocycles. The van der Waals surface area contributed by atoms with Crippen molar-refractivity contribution < 1.29 is 14.3 Å². The highest BCUT2D eigenvalue weighted by Gasteiger charge is 2.22. The first kappa shape index (κ1) is 9.52. The predicted octanol–water partition coefficient (Wildman–Crippen LogP) is 1.37. The standard InChI is InChI=1S/C9H16O3/c1-2-5-12-9(10)8-4-3-6-11-7-8/h8H,2-7H2,1H3. The Morgan fingerprint density at radius 2 is 2.50 bits per heavy atom. The van der Waals surface area contributed by atoms with Gasteiger partial charge in [-0.3, -0.25) is 4.79 Å². The Morgan fingerprint density at radius 1 is 1.67 bits per heavy atom. The zero-order chi connectivity index (χ0) is 8.81. The number of carbonyl (C=O) groups excluding carboxylic acids is 1. The van der Waals surface area contributed by atoms with Crippen molar-refractivity contribution in [1.29, 1.82) is 0 Å². The molecular weight excluding hydrogens is 156 g/mol. The Hall–Kier alpha value is -0.570. The molecule has 0 amide bonds. The Labute approximate surface area is 73.0 Å². The summed E-state index contributed by atoms with van der Waals surface area (Å²) in [6.45, 7) is 3.86. The SMILES string of the molecule is CCCOC(=O)C1CCCOC1. The molecule has 1 rings (SSSR count). The van der Waals surface area contributed by atoms with E-state index in [1.165, 1.54) is 0 Å². The molecule has 0 aromatic rings. The van der Waals surface area contributed by atoms with E-state index in [9.17, 15) is 4.79 Å². The molecule has 70 valence electrons. The molecule has 1 heterocycles. The number of esters is 1. The molecule has 1 unspecified atom stereocenters. The van der Waals surface area contributed by atoms with E-state index in [0.29, 0.717) is 13.2 Å². The second-order valence-corrected chi connectivity index (χ2v) is 3.08. The van der Waals surface area contributed by atoms with Gasteiger partial charge in [0.2, 0.25) is 0 Å². The molecule has 3 nitrogen and oxygen atoms in total. The van der Waals surface area contributed by atoms with Crippen molar-refractivity contribution in [3.63, 3.8) is 0 Å². The van der Waals surface area contributed by atoms with Crippen LogP contribution in [0, 0.1) is 5.92 Å². The lowest BCUT2D eigenvalue weighted by Gasteiger charge is -2.20. The van der Waals surface area contributed by atoms with E-state index < -0.39 is 0 Å². The summed E-state index contributed by atoms with van der Waals surface area (Å²) in [6, 6.07) is 0. The van der Waals surface area contributed by atoms with Gasteiger partial charge in [-0.15, -0.1) is 0 Å². The molecule has 1 aliphatic heterocycles. The van der Waals surface area contributed by atoms with Crippen LogP contribution in [0.3, 0.4) is 0 Å². The normalized spacial score (nSPS) is 23.6. The highest BCUT2D eigenvalue weighted by molar-refractivity contribution is 5.72. The van der Waals surface area contributed by atoms with Gasteiger partial charge in [-0.25, -0.2) is 0 Å². The van der Waals surface area contributed by atoms with Crippen LogP contribution in [0.2, 0.25) is 0 Å². The minimum absolute atomic E-state index is 0.00898. The predicted molar refractivity (Wildman–Crippen MR) is 44.8 cm³/mol.